The van der Waals surface area contributed by atoms with Crippen LogP contribution in [-0.4, -0.2) is 30.6 Å². The van der Waals surface area contributed by atoms with E-state index in [-0.39, 0.29) is 11.2 Å². The number of benzene rings is 2. The van der Waals surface area contributed by atoms with Crippen molar-refractivity contribution in [1.29, 1.82) is 0 Å². The first-order valence-electron chi connectivity index (χ1n) is 9.52. The zero-order valence-corrected chi connectivity index (χ0v) is 17.5. The van der Waals surface area contributed by atoms with Crippen molar-refractivity contribution in [2.75, 3.05) is 13.2 Å². The summed E-state index contributed by atoms with van der Waals surface area (Å²) in [5.74, 6) is 2.06. The van der Waals surface area contributed by atoms with E-state index in [0.717, 1.165) is 23.5 Å². The maximum atomic E-state index is 12.2. The van der Waals surface area contributed by atoms with Gasteiger partial charge in [0.1, 0.15) is 0 Å². The average molecular weight is 401 g/mol. The number of nitrogens with one attached hydrogen (secondary N) is 1. The molecule has 0 unspecified atom stereocenters. The Morgan fingerprint density at radius 2 is 1.93 bits per heavy atom. The Labute approximate surface area is 171 Å². The van der Waals surface area contributed by atoms with Crippen molar-refractivity contribution in [2.24, 2.45) is 5.10 Å². The maximum Gasteiger partial charge on any atom is 0.252 e. The summed E-state index contributed by atoms with van der Waals surface area (Å²) in [5.41, 5.74) is 4.63. The zero-order chi connectivity index (χ0) is 20.2. The Kier molecular flexibility index (Phi) is 9.42. The number of carbonyl (C=O) groups excluding carboxylic acids is 1. The topological polar surface area (TPSA) is 59.9 Å². The Hall–Kier alpha value is -2.47. The van der Waals surface area contributed by atoms with E-state index in [9.17, 15) is 4.79 Å². The van der Waals surface area contributed by atoms with Crippen LogP contribution >= 0.6 is 11.8 Å². The van der Waals surface area contributed by atoms with Crippen LogP contribution in [0.2, 0.25) is 0 Å². The number of hydrogen-bond donors (Lipinski definition) is 1. The summed E-state index contributed by atoms with van der Waals surface area (Å²) in [4.78, 5) is 12.2. The predicted molar refractivity (Wildman–Crippen MR) is 116 cm³/mol. The van der Waals surface area contributed by atoms with Gasteiger partial charge in [0.2, 0.25) is 0 Å². The third-order valence-corrected chi connectivity index (χ3v) is 5.04. The monoisotopic (exact) mass is 400 g/mol. The largest absolute Gasteiger partial charge is 0.490 e. The van der Waals surface area contributed by atoms with E-state index < -0.39 is 0 Å². The third kappa shape index (κ3) is 7.27. The molecule has 0 fully saturated rings. The average Bonchev–Trinajstić information content (AvgIpc) is 2.72. The highest BCUT2D eigenvalue weighted by Crippen LogP contribution is 2.28. The molecule has 1 N–H and O–H groups in total. The third-order valence-electron chi connectivity index (χ3n) is 3.83. The molecule has 5 nitrogen and oxygen atoms in total. The molecule has 0 aliphatic heterocycles. The second kappa shape index (κ2) is 12.1. The molecule has 0 radical (unpaired) electrons. The number of hydrogen-bond acceptors (Lipinski definition) is 5. The summed E-state index contributed by atoms with van der Waals surface area (Å²) >= 11 is 1.58. The summed E-state index contributed by atoms with van der Waals surface area (Å²) in [6.45, 7) is 7.06. The van der Waals surface area contributed by atoms with Gasteiger partial charge in [-0.05, 0) is 49.6 Å². The van der Waals surface area contributed by atoms with Gasteiger partial charge in [0.25, 0.3) is 5.91 Å². The van der Waals surface area contributed by atoms with E-state index in [0.29, 0.717) is 19.0 Å². The van der Waals surface area contributed by atoms with Crippen LogP contribution in [0.4, 0.5) is 0 Å². The number of hydrazone groups is 1. The summed E-state index contributed by atoms with van der Waals surface area (Å²) in [7, 11) is 0. The molecule has 2 aromatic rings. The zero-order valence-electron chi connectivity index (χ0n) is 16.7. The van der Waals surface area contributed by atoms with Crippen molar-refractivity contribution in [1.82, 2.24) is 5.43 Å². The molecule has 2 aromatic carbocycles. The van der Waals surface area contributed by atoms with Crippen LogP contribution in [0.5, 0.6) is 11.5 Å². The molecule has 0 aliphatic rings. The number of amides is 1. The second-order valence-corrected chi connectivity index (χ2v) is 7.49. The van der Waals surface area contributed by atoms with Crippen LogP contribution < -0.4 is 14.9 Å². The molecule has 1 amide bonds. The summed E-state index contributed by atoms with van der Waals surface area (Å²) < 4.78 is 11.3. The number of rotatable bonds is 11. The quantitative estimate of drug-likeness (QED) is 0.441. The Balaban J connectivity index is 1.88. The molecule has 1 atom stereocenters. The first-order valence-corrected chi connectivity index (χ1v) is 10.6. The molecule has 0 spiro atoms. The van der Waals surface area contributed by atoms with Gasteiger partial charge < -0.3 is 9.47 Å². The molecular weight excluding hydrogens is 372 g/mol. The van der Waals surface area contributed by atoms with Gasteiger partial charge in [-0.1, -0.05) is 37.3 Å². The SMILES string of the molecule is CCCOc1ccc(/C=N\NC(=O)[C@@H](C)SCc2ccccc2)cc1OCC. The lowest BCUT2D eigenvalue weighted by atomic mass is 10.2. The molecule has 0 heterocycles. The lowest BCUT2D eigenvalue weighted by Crippen LogP contribution is -2.27. The lowest BCUT2D eigenvalue weighted by molar-refractivity contribution is -0.120. The molecule has 0 bridgehead atoms. The van der Waals surface area contributed by atoms with Crippen molar-refractivity contribution >= 4 is 23.9 Å². The number of ether oxygens (including phenoxy) is 2. The van der Waals surface area contributed by atoms with Gasteiger partial charge in [0.15, 0.2) is 11.5 Å². The van der Waals surface area contributed by atoms with Gasteiger partial charge >= 0.3 is 0 Å². The minimum Gasteiger partial charge on any atom is -0.490 e. The number of nitrogens with zero attached hydrogens (tertiary/aromatic N) is 1. The van der Waals surface area contributed by atoms with Gasteiger partial charge in [-0.15, -0.1) is 11.8 Å². The Morgan fingerprint density at radius 1 is 1.14 bits per heavy atom. The minimum absolute atomic E-state index is 0.120. The van der Waals surface area contributed by atoms with Gasteiger partial charge in [-0.2, -0.15) is 5.10 Å². The molecule has 6 heteroatoms. The van der Waals surface area contributed by atoms with E-state index in [4.69, 9.17) is 9.47 Å². The summed E-state index contributed by atoms with van der Waals surface area (Å²) in [6, 6.07) is 15.7. The fourth-order valence-corrected chi connectivity index (χ4v) is 3.18. The number of thioether (sulfide) groups is 1. The normalized spacial score (nSPS) is 12.0. The van der Waals surface area contributed by atoms with E-state index in [2.05, 4.69) is 29.6 Å². The van der Waals surface area contributed by atoms with Crippen molar-refractivity contribution in [3.63, 3.8) is 0 Å². The van der Waals surface area contributed by atoms with Crippen molar-refractivity contribution in [3.8, 4) is 11.5 Å². The van der Waals surface area contributed by atoms with Crippen LogP contribution in [0.15, 0.2) is 53.6 Å². The predicted octanol–water partition coefficient (Wildman–Crippen LogP) is 4.65. The smallest absolute Gasteiger partial charge is 0.252 e. The Morgan fingerprint density at radius 3 is 2.64 bits per heavy atom. The van der Waals surface area contributed by atoms with E-state index in [1.54, 1.807) is 18.0 Å². The molecular formula is C22H28N2O3S. The number of carbonyl (C=O) groups is 1. The van der Waals surface area contributed by atoms with Gasteiger partial charge in [0, 0.05) is 5.75 Å². The van der Waals surface area contributed by atoms with Crippen LogP contribution in [0.25, 0.3) is 0 Å². The van der Waals surface area contributed by atoms with Crippen molar-refractivity contribution in [2.45, 2.75) is 38.2 Å². The second-order valence-electron chi connectivity index (χ2n) is 6.16. The Bertz CT molecular complexity index is 766. The molecule has 0 aromatic heterocycles. The van der Waals surface area contributed by atoms with E-state index >= 15 is 0 Å². The summed E-state index contributed by atoms with van der Waals surface area (Å²) in [6.07, 6.45) is 2.54. The highest BCUT2D eigenvalue weighted by atomic mass is 32.2. The fourth-order valence-electron chi connectivity index (χ4n) is 2.34. The maximum absolute atomic E-state index is 12.2. The standard InChI is InChI=1S/C22H28N2O3S/c1-4-13-27-20-12-11-19(14-21(20)26-5-2)15-23-24-22(25)17(3)28-16-18-9-7-6-8-10-18/h6-12,14-15,17H,4-5,13,16H2,1-3H3,(H,24,25)/b23-15-/t17-/m1/s1. The molecule has 2 rings (SSSR count). The highest BCUT2D eigenvalue weighted by molar-refractivity contribution is 7.99. The van der Waals surface area contributed by atoms with Crippen LogP contribution in [0, 0.1) is 0 Å². The van der Waals surface area contributed by atoms with Crippen LogP contribution in [0.3, 0.4) is 0 Å². The van der Waals surface area contributed by atoms with Crippen LogP contribution in [-0.2, 0) is 10.5 Å². The molecule has 0 aliphatic carbocycles. The fraction of sp³-hybridized carbons (Fsp3) is 0.364. The highest BCUT2D eigenvalue weighted by Gasteiger charge is 2.12. The van der Waals surface area contributed by atoms with E-state index in [1.165, 1.54) is 5.56 Å². The minimum atomic E-state index is -0.193. The van der Waals surface area contributed by atoms with Gasteiger partial charge in [-0.25, -0.2) is 5.43 Å². The molecule has 28 heavy (non-hydrogen) atoms. The first kappa shape index (κ1) is 21.8. The molecule has 0 saturated carbocycles. The molecule has 0 saturated heterocycles. The lowest BCUT2D eigenvalue weighted by Gasteiger charge is -2.12. The first-order chi connectivity index (χ1) is 13.6. The van der Waals surface area contributed by atoms with Crippen LogP contribution in [0.1, 0.15) is 38.3 Å². The van der Waals surface area contributed by atoms with Gasteiger partial charge in [0.05, 0.1) is 24.7 Å². The van der Waals surface area contributed by atoms with E-state index in [1.807, 2.05) is 50.2 Å². The van der Waals surface area contributed by atoms with Crippen molar-refractivity contribution in [3.05, 3.63) is 59.7 Å². The van der Waals surface area contributed by atoms with Crippen molar-refractivity contribution < 1.29 is 14.3 Å². The summed E-state index contributed by atoms with van der Waals surface area (Å²) in [5, 5.41) is 3.88. The van der Waals surface area contributed by atoms with Gasteiger partial charge in [-0.3, -0.25) is 4.79 Å². The molecule has 150 valence electrons.